The van der Waals surface area contributed by atoms with Crippen molar-refractivity contribution >= 4 is 5.97 Å². The van der Waals surface area contributed by atoms with Gasteiger partial charge in [0.2, 0.25) is 0 Å². The van der Waals surface area contributed by atoms with Gasteiger partial charge in [0.15, 0.2) is 5.56 Å². The van der Waals surface area contributed by atoms with Gasteiger partial charge in [0.1, 0.15) is 11.5 Å². The molecule has 0 fully saturated rings. The zero-order chi connectivity index (χ0) is 13.8. The van der Waals surface area contributed by atoms with Gasteiger partial charge >= 0.3 is 11.6 Å². The third-order valence-electron chi connectivity index (χ3n) is 2.36. The maximum Gasteiger partial charge on any atom is 0.354 e. The molecular weight excluding hydrogens is 250 g/mol. The van der Waals surface area contributed by atoms with Gasteiger partial charge in [0.25, 0.3) is 0 Å². The molecule has 0 unspecified atom stereocenters. The Kier molecular flexibility index (Phi) is 3.61. The van der Waals surface area contributed by atoms with Crippen LogP contribution in [-0.4, -0.2) is 22.7 Å². The predicted molar refractivity (Wildman–Crippen MR) is 65.8 cm³/mol. The average molecular weight is 261 g/mol. The van der Waals surface area contributed by atoms with E-state index < -0.39 is 22.9 Å². The van der Waals surface area contributed by atoms with Crippen molar-refractivity contribution in [2.45, 2.75) is 6.92 Å². The quantitative estimate of drug-likeness (QED) is 0.844. The molecule has 0 aliphatic rings. The smallest absolute Gasteiger partial charge is 0.354 e. The summed E-state index contributed by atoms with van der Waals surface area (Å²) >= 11 is 0. The van der Waals surface area contributed by atoms with E-state index in [-0.39, 0.29) is 12.4 Å². The number of hydrogen-bond acceptors (Lipinski definition) is 6. The number of aromatic hydroxyl groups is 1. The first-order chi connectivity index (χ1) is 9.13. The summed E-state index contributed by atoms with van der Waals surface area (Å²) in [5, 5.41) is 9.75. The highest BCUT2D eigenvalue weighted by atomic mass is 16.5. The molecule has 0 saturated carbocycles. The monoisotopic (exact) mass is 261 g/mol. The average Bonchev–Trinajstić information content (AvgIpc) is 2.39. The van der Waals surface area contributed by atoms with Crippen LogP contribution >= 0.6 is 0 Å². The lowest BCUT2D eigenvalue weighted by Gasteiger charge is -2.05. The lowest BCUT2D eigenvalue weighted by Crippen LogP contribution is -2.17. The van der Waals surface area contributed by atoms with E-state index in [0.29, 0.717) is 5.56 Å². The van der Waals surface area contributed by atoms with Crippen molar-refractivity contribution in [1.82, 2.24) is 4.98 Å². The Morgan fingerprint density at radius 1 is 1.53 bits per heavy atom. The van der Waals surface area contributed by atoms with E-state index in [1.165, 1.54) is 12.3 Å². The summed E-state index contributed by atoms with van der Waals surface area (Å²) in [4.78, 5) is 27.1. The van der Waals surface area contributed by atoms with E-state index in [1.54, 1.807) is 25.3 Å². The van der Waals surface area contributed by atoms with Crippen LogP contribution in [0, 0.1) is 0 Å². The molecule has 6 heteroatoms. The molecule has 2 aromatic heterocycles. The van der Waals surface area contributed by atoms with Crippen molar-refractivity contribution in [1.29, 1.82) is 0 Å². The maximum atomic E-state index is 11.7. The number of nitrogens with zero attached hydrogens (tertiary/aromatic N) is 1. The molecule has 0 radical (unpaired) electrons. The minimum atomic E-state index is -0.947. The molecule has 0 spiro atoms. The van der Waals surface area contributed by atoms with Gasteiger partial charge in [-0.15, -0.1) is 0 Å². The number of carbonyl (C=O) groups excluding carboxylic acids is 1. The van der Waals surface area contributed by atoms with Gasteiger partial charge in [-0.25, -0.2) is 9.59 Å². The number of esters is 1. The molecule has 0 amide bonds. The lowest BCUT2D eigenvalue weighted by atomic mass is 10.2. The van der Waals surface area contributed by atoms with Crippen LogP contribution in [0.5, 0.6) is 5.75 Å². The van der Waals surface area contributed by atoms with Crippen molar-refractivity contribution in [3.63, 3.8) is 0 Å². The Morgan fingerprint density at radius 3 is 2.89 bits per heavy atom. The van der Waals surface area contributed by atoms with Gasteiger partial charge in [-0.2, -0.15) is 0 Å². The first-order valence-electron chi connectivity index (χ1n) is 5.58. The number of carbonyl (C=O) groups is 1. The highest BCUT2D eigenvalue weighted by Gasteiger charge is 2.20. The molecule has 0 atom stereocenters. The summed E-state index contributed by atoms with van der Waals surface area (Å²) in [6.07, 6.45) is 3.04. The summed E-state index contributed by atoms with van der Waals surface area (Å²) in [5.41, 5.74) is -0.933. The van der Waals surface area contributed by atoms with Crippen LogP contribution in [-0.2, 0) is 4.74 Å². The van der Waals surface area contributed by atoms with Crippen molar-refractivity contribution in [3.8, 4) is 17.1 Å². The van der Waals surface area contributed by atoms with Crippen molar-refractivity contribution in [2.24, 2.45) is 0 Å². The fourth-order valence-electron chi connectivity index (χ4n) is 1.52. The molecule has 0 aliphatic heterocycles. The van der Waals surface area contributed by atoms with Crippen LogP contribution in [0.3, 0.4) is 0 Å². The Hall–Kier alpha value is -2.63. The molecule has 6 nitrogen and oxygen atoms in total. The minimum absolute atomic E-state index is 0.0993. The highest BCUT2D eigenvalue weighted by Crippen LogP contribution is 2.23. The molecule has 2 rings (SSSR count). The Morgan fingerprint density at radius 2 is 2.32 bits per heavy atom. The van der Waals surface area contributed by atoms with Gasteiger partial charge in [-0.3, -0.25) is 4.98 Å². The van der Waals surface area contributed by atoms with Gasteiger partial charge in [0, 0.05) is 24.0 Å². The van der Waals surface area contributed by atoms with Crippen LogP contribution in [0.15, 0.2) is 39.8 Å². The molecule has 0 saturated heterocycles. The second-order valence-corrected chi connectivity index (χ2v) is 3.62. The van der Waals surface area contributed by atoms with Crippen molar-refractivity contribution in [3.05, 3.63) is 46.6 Å². The molecule has 1 N–H and O–H groups in total. The molecule has 2 heterocycles. The maximum absolute atomic E-state index is 11.7. The fraction of sp³-hybridized carbons (Fsp3) is 0.154. The highest BCUT2D eigenvalue weighted by molar-refractivity contribution is 5.92. The fourth-order valence-corrected chi connectivity index (χ4v) is 1.52. The summed E-state index contributed by atoms with van der Waals surface area (Å²) in [7, 11) is 0. The van der Waals surface area contributed by atoms with Gasteiger partial charge in [-0.05, 0) is 19.1 Å². The molecule has 0 aliphatic carbocycles. The lowest BCUT2D eigenvalue weighted by molar-refractivity contribution is 0.0517. The zero-order valence-electron chi connectivity index (χ0n) is 10.1. The largest absolute Gasteiger partial charge is 0.507 e. The summed E-state index contributed by atoms with van der Waals surface area (Å²) < 4.78 is 9.65. The first-order valence-corrected chi connectivity index (χ1v) is 5.58. The standard InChI is InChI=1S/C13H11NO5/c1-2-18-12(16)11-9(15)6-10(19-13(11)17)8-4-3-5-14-7-8/h3-7,15H,2H2,1H3. The predicted octanol–water partition coefficient (Wildman–Crippen LogP) is 1.58. The Bertz CT molecular complexity index is 648. The van der Waals surface area contributed by atoms with Gasteiger partial charge in [0.05, 0.1) is 6.61 Å². The van der Waals surface area contributed by atoms with Crippen LogP contribution in [0.25, 0.3) is 11.3 Å². The van der Waals surface area contributed by atoms with Crippen LogP contribution in [0.2, 0.25) is 0 Å². The van der Waals surface area contributed by atoms with E-state index in [9.17, 15) is 14.7 Å². The molecule has 0 aromatic carbocycles. The van der Waals surface area contributed by atoms with Gasteiger partial charge < -0.3 is 14.3 Å². The van der Waals surface area contributed by atoms with Crippen molar-refractivity contribution < 1.29 is 19.1 Å². The van der Waals surface area contributed by atoms with Crippen LogP contribution in [0.1, 0.15) is 17.3 Å². The number of hydrogen-bond donors (Lipinski definition) is 1. The molecule has 0 bridgehead atoms. The number of aromatic nitrogens is 1. The topological polar surface area (TPSA) is 89.6 Å². The van der Waals surface area contributed by atoms with Crippen LogP contribution < -0.4 is 5.63 Å². The Labute approximate surface area is 108 Å². The third kappa shape index (κ3) is 2.62. The van der Waals surface area contributed by atoms with E-state index in [1.807, 2.05) is 0 Å². The first kappa shape index (κ1) is 12.8. The van der Waals surface area contributed by atoms with E-state index in [2.05, 4.69) is 9.72 Å². The zero-order valence-corrected chi connectivity index (χ0v) is 10.1. The van der Waals surface area contributed by atoms with Crippen LogP contribution in [0.4, 0.5) is 0 Å². The van der Waals surface area contributed by atoms with Crippen molar-refractivity contribution in [2.75, 3.05) is 6.61 Å². The van der Waals surface area contributed by atoms with E-state index >= 15 is 0 Å². The minimum Gasteiger partial charge on any atom is -0.507 e. The van der Waals surface area contributed by atoms with Gasteiger partial charge in [-0.1, -0.05) is 0 Å². The Balaban J connectivity index is 2.49. The molecular formula is C13H11NO5. The third-order valence-corrected chi connectivity index (χ3v) is 2.36. The SMILES string of the molecule is CCOC(=O)c1c(O)cc(-c2cccnc2)oc1=O. The number of pyridine rings is 1. The molecule has 98 valence electrons. The van der Waals surface area contributed by atoms with E-state index in [4.69, 9.17) is 4.42 Å². The summed E-state index contributed by atoms with van der Waals surface area (Å²) in [5.74, 6) is -1.26. The normalized spacial score (nSPS) is 10.2. The number of ether oxygens (including phenoxy) is 1. The summed E-state index contributed by atoms with van der Waals surface area (Å²) in [6, 6.07) is 4.51. The summed E-state index contributed by atoms with van der Waals surface area (Å²) in [6.45, 7) is 1.70. The molecule has 19 heavy (non-hydrogen) atoms. The number of rotatable bonds is 3. The molecule has 2 aromatic rings. The van der Waals surface area contributed by atoms with E-state index in [0.717, 1.165) is 0 Å². The second kappa shape index (κ2) is 5.34. The second-order valence-electron chi connectivity index (χ2n) is 3.62.